The molecule has 0 aromatic rings. The van der Waals surface area contributed by atoms with E-state index in [2.05, 4.69) is 24.1 Å². The molecule has 0 atom stereocenters. The monoisotopic (exact) mass is 256 g/mol. The van der Waals surface area contributed by atoms with Crippen molar-refractivity contribution in [2.75, 3.05) is 13.2 Å². The SMILES string of the molecule is C=CCONC(=O)C(C(=O)NOCC=C)C(C)C. The van der Waals surface area contributed by atoms with Gasteiger partial charge in [0.05, 0.1) is 13.2 Å². The Morgan fingerprint density at radius 3 is 1.72 bits per heavy atom. The minimum Gasteiger partial charge on any atom is -0.272 e. The van der Waals surface area contributed by atoms with Crippen molar-refractivity contribution in [3.63, 3.8) is 0 Å². The van der Waals surface area contributed by atoms with Gasteiger partial charge in [-0.05, 0) is 5.92 Å². The van der Waals surface area contributed by atoms with Crippen LogP contribution in [0.15, 0.2) is 25.3 Å². The van der Waals surface area contributed by atoms with Gasteiger partial charge in [-0.2, -0.15) is 0 Å². The van der Waals surface area contributed by atoms with E-state index in [0.717, 1.165) is 0 Å². The van der Waals surface area contributed by atoms with Gasteiger partial charge in [-0.15, -0.1) is 13.2 Å². The first-order valence-corrected chi connectivity index (χ1v) is 5.59. The largest absolute Gasteiger partial charge is 0.272 e. The predicted octanol–water partition coefficient (Wildman–Crippen LogP) is 0.726. The fourth-order valence-corrected chi connectivity index (χ4v) is 1.19. The molecule has 0 heterocycles. The average Bonchev–Trinajstić information content (AvgIpc) is 2.29. The van der Waals surface area contributed by atoms with Crippen LogP contribution in [0.2, 0.25) is 0 Å². The highest BCUT2D eigenvalue weighted by atomic mass is 16.7. The molecular weight excluding hydrogens is 236 g/mol. The molecule has 2 amide bonds. The number of hydrogen-bond acceptors (Lipinski definition) is 4. The van der Waals surface area contributed by atoms with Crippen molar-refractivity contribution in [1.29, 1.82) is 0 Å². The Hall–Kier alpha value is -1.66. The molecule has 0 aromatic carbocycles. The summed E-state index contributed by atoms with van der Waals surface area (Å²) in [6.07, 6.45) is 2.97. The number of carbonyl (C=O) groups excluding carboxylic acids is 2. The minimum absolute atomic E-state index is 0.172. The normalized spacial score (nSPS) is 10.2. The van der Waals surface area contributed by atoms with Crippen LogP contribution in [0.1, 0.15) is 13.8 Å². The van der Waals surface area contributed by atoms with Crippen LogP contribution in [-0.2, 0) is 19.3 Å². The molecule has 0 unspecified atom stereocenters. The molecule has 0 saturated heterocycles. The van der Waals surface area contributed by atoms with Crippen molar-refractivity contribution >= 4 is 11.8 Å². The van der Waals surface area contributed by atoms with Gasteiger partial charge in [0.1, 0.15) is 5.92 Å². The molecule has 18 heavy (non-hydrogen) atoms. The molecule has 6 nitrogen and oxygen atoms in total. The van der Waals surface area contributed by atoms with Crippen LogP contribution in [-0.4, -0.2) is 25.0 Å². The van der Waals surface area contributed by atoms with Crippen LogP contribution in [0.25, 0.3) is 0 Å². The van der Waals surface area contributed by atoms with Gasteiger partial charge in [0.2, 0.25) is 0 Å². The molecule has 0 rings (SSSR count). The van der Waals surface area contributed by atoms with Crippen molar-refractivity contribution in [3.05, 3.63) is 25.3 Å². The maximum Gasteiger partial charge on any atom is 0.256 e. The summed E-state index contributed by atoms with van der Waals surface area (Å²) in [5.41, 5.74) is 4.38. The maximum atomic E-state index is 11.7. The average molecular weight is 256 g/mol. The van der Waals surface area contributed by atoms with E-state index in [4.69, 9.17) is 9.68 Å². The summed E-state index contributed by atoms with van der Waals surface area (Å²) in [5, 5.41) is 0. The van der Waals surface area contributed by atoms with E-state index >= 15 is 0 Å². The lowest BCUT2D eigenvalue weighted by molar-refractivity contribution is -0.150. The lowest BCUT2D eigenvalue weighted by Gasteiger charge is -2.18. The van der Waals surface area contributed by atoms with Crippen molar-refractivity contribution in [2.24, 2.45) is 11.8 Å². The third-order valence-electron chi connectivity index (χ3n) is 1.98. The summed E-state index contributed by atoms with van der Waals surface area (Å²) in [6, 6.07) is 0. The van der Waals surface area contributed by atoms with E-state index in [9.17, 15) is 9.59 Å². The first-order valence-electron chi connectivity index (χ1n) is 5.59. The van der Waals surface area contributed by atoms with Gasteiger partial charge >= 0.3 is 0 Å². The predicted molar refractivity (Wildman–Crippen MR) is 66.9 cm³/mol. The van der Waals surface area contributed by atoms with E-state index < -0.39 is 17.7 Å². The zero-order valence-electron chi connectivity index (χ0n) is 10.8. The Balaban J connectivity index is 4.35. The van der Waals surface area contributed by atoms with Crippen LogP contribution < -0.4 is 11.0 Å². The van der Waals surface area contributed by atoms with E-state index in [1.807, 2.05) is 0 Å². The smallest absolute Gasteiger partial charge is 0.256 e. The standard InChI is InChI=1S/C12H20N2O4/c1-5-7-17-13-11(15)10(9(3)4)12(16)14-18-8-6-2/h5-6,9-10H,1-2,7-8H2,3-4H3,(H,13,15)(H,14,16). The zero-order valence-corrected chi connectivity index (χ0v) is 10.8. The molecule has 0 aliphatic rings. The highest BCUT2D eigenvalue weighted by Crippen LogP contribution is 2.11. The Bertz CT molecular complexity index is 276. The van der Waals surface area contributed by atoms with Gasteiger partial charge in [0.25, 0.3) is 11.8 Å². The van der Waals surface area contributed by atoms with Crippen LogP contribution in [0.3, 0.4) is 0 Å². The Kier molecular flexibility index (Phi) is 8.51. The van der Waals surface area contributed by atoms with Gasteiger partial charge in [-0.3, -0.25) is 19.3 Å². The Morgan fingerprint density at radius 1 is 1.06 bits per heavy atom. The Morgan fingerprint density at radius 2 is 1.44 bits per heavy atom. The number of carbonyl (C=O) groups is 2. The highest BCUT2D eigenvalue weighted by molar-refractivity contribution is 5.99. The highest BCUT2D eigenvalue weighted by Gasteiger charge is 2.30. The van der Waals surface area contributed by atoms with Gasteiger partial charge in [0.15, 0.2) is 0 Å². The molecule has 0 radical (unpaired) electrons. The molecule has 0 aliphatic carbocycles. The van der Waals surface area contributed by atoms with Crippen molar-refractivity contribution in [3.8, 4) is 0 Å². The molecule has 102 valence electrons. The third-order valence-corrected chi connectivity index (χ3v) is 1.98. The number of hydrogen-bond donors (Lipinski definition) is 2. The van der Waals surface area contributed by atoms with Crippen LogP contribution >= 0.6 is 0 Å². The summed E-state index contributed by atoms with van der Waals surface area (Å²) >= 11 is 0. The summed E-state index contributed by atoms with van der Waals surface area (Å²) in [6.45, 7) is 10.7. The van der Waals surface area contributed by atoms with Gasteiger partial charge in [-0.1, -0.05) is 26.0 Å². The fraction of sp³-hybridized carbons (Fsp3) is 0.500. The number of amides is 2. The molecule has 0 aromatic heterocycles. The van der Waals surface area contributed by atoms with E-state index in [0.29, 0.717) is 0 Å². The summed E-state index contributed by atoms with van der Waals surface area (Å²) in [7, 11) is 0. The van der Waals surface area contributed by atoms with Crippen LogP contribution in [0.4, 0.5) is 0 Å². The van der Waals surface area contributed by atoms with Crippen molar-refractivity contribution in [2.45, 2.75) is 13.8 Å². The molecule has 0 bridgehead atoms. The van der Waals surface area contributed by atoms with Gasteiger partial charge < -0.3 is 0 Å². The maximum absolute atomic E-state index is 11.7. The summed E-state index contributed by atoms with van der Waals surface area (Å²) in [5.74, 6) is -2.12. The second kappa shape index (κ2) is 9.38. The van der Waals surface area contributed by atoms with E-state index in [1.54, 1.807) is 13.8 Å². The second-order valence-electron chi connectivity index (χ2n) is 3.85. The third kappa shape index (κ3) is 6.17. The fourth-order valence-electron chi connectivity index (χ4n) is 1.19. The van der Waals surface area contributed by atoms with Gasteiger partial charge in [-0.25, -0.2) is 11.0 Å². The van der Waals surface area contributed by atoms with Crippen molar-refractivity contribution in [1.82, 2.24) is 11.0 Å². The molecule has 2 N–H and O–H groups in total. The molecular formula is C12H20N2O4. The molecule has 0 spiro atoms. The van der Waals surface area contributed by atoms with E-state index in [1.165, 1.54) is 12.2 Å². The summed E-state index contributed by atoms with van der Waals surface area (Å²) in [4.78, 5) is 33.0. The first-order chi connectivity index (χ1) is 8.54. The van der Waals surface area contributed by atoms with Crippen molar-refractivity contribution < 1.29 is 19.3 Å². The second-order valence-corrected chi connectivity index (χ2v) is 3.85. The number of nitrogens with one attached hydrogen (secondary N) is 2. The summed E-state index contributed by atoms with van der Waals surface area (Å²) < 4.78 is 0. The van der Waals surface area contributed by atoms with Crippen LogP contribution in [0.5, 0.6) is 0 Å². The zero-order chi connectivity index (χ0) is 14.0. The van der Waals surface area contributed by atoms with Gasteiger partial charge in [0, 0.05) is 0 Å². The topological polar surface area (TPSA) is 76.7 Å². The molecule has 0 fully saturated rings. The number of hydroxylamine groups is 2. The van der Waals surface area contributed by atoms with E-state index in [-0.39, 0.29) is 19.1 Å². The van der Waals surface area contributed by atoms with Crippen LogP contribution in [0, 0.1) is 11.8 Å². The quantitative estimate of drug-likeness (QED) is 0.276. The first kappa shape index (κ1) is 16.3. The molecule has 0 aliphatic heterocycles. The lowest BCUT2D eigenvalue weighted by atomic mass is 9.94. The Labute approximate surface area is 107 Å². The molecule has 6 heteroatoms. The molecule has 0 saturated carbocycles. The lowest BCUT2D eigenvalue weighted by Crippen LogP contribution is -2.44. The minimum atomic E-state index is -0.889. The number of rotatable bonds is 9.